The lowest BCUT2D eigenvalue weighted by Crippen LogP contribution is -2.17. The molecule has 0 spiro atoms. The molecule has 0 aliphatic heterocycles. The van der Waals surface area contributed by atoms with E-state index in [4.69, 9.17) is 5.11 Å². The van der Waals surface area contributed by atoms with Crippen LogP contribution in [0.4, 0.5) is 5.69 Å². The lowest BCUT2D eigenvalue weighted by molar-refractivity contribution is -0.137. The van der Waals surface area contributed by atoms with E-state index in [9.17, 15) is 13.2 Å². The summed E-state index contributed by atoms with van der Waals surface area (Å²) in [4.78, 5) is 10.6. The Morgan fingerprint density at radius 2 is 1.95 bits per heavy atom. The minimum Gasteiger partial charge on any atom is -0.481 e. The number of carboxylic acid groups (broad SMARTS) is 1. The van der Waals surface area contributed by atoms with E-state index in [-0.39, 0.29) is 17.6 Å². The van der Waals surface area contributed by atoms with Crippen LogP contribution in [0.1, 0.15) is 37.7 Å². The zero-order chi connectivity index (χ0) is 14.0. The first-order valence-electron chi connectivity index (χ1n) is 6.22. The van der Waals surface area contributed by atoms with Crippen molar-refractivity contribution < 1.29 is 18.3 Å². The van der Waals surface area contributed by atoms with E-state index in [1.54, 1.807) is 24.3 Å². The largest absolute Gasteiger partial charge is 0.481 e. The number of anilines is 1. The van der Waals surface area contributed by atoms with Crippen LogP contribution in [-0.2, 0) is 14.8 Å². The van der Waals surface area contributed by atoms with Crippen LogP contribution in [0.25, 0.3) is 0 Å². The predicted octanol–water partition coefficient (Wildman–Crippen LogP) is 2.17. The molecule has 0 radical (unpaired) electrons. The second-order valence-corrected chi connectivity index (χ2v) is 6.93. The van der Waals surface area contributed by atoms with E-state index < -0.39 is 16.0 Å². The van der Waals surface area contributed by atoms with Gasteiger partial charge in [0.25, 0.3) is 0 Å². The molecule has 6 heteroatoms. The van der Waals surface area contributed by atoms with Gasteiger partial charge >= 0.3 is 5.97 Å². The van der Waals surface area contributed by atoms with Crippen molar-refractivity contribution in [2.24, 2.45) is 0 Å². The van der Waals surface area contributed by atoms with Crippen molar-refractivity contribution in [2.75, 3.05) is 4.72 Å². The topological polar surface area (TPSA) is 83.5 Å². The normalized spacial score (nSPS) is 16.9. The molecule has 19 heavy (non-hydrogen) atoms. The number of carbonyl (C=O) groups is 1. The van der Waals surface area contributed by atoms with E-state index >= 15 is 0 Å². The lowest BCUT2D eigenvalue weighted by atomic mass is 9.98. The van der Waals surface area contributed by atoms with E-state index in [0.29, 0.717) is 5.69 Å². The van der Waals surface area contributed by atoms with Gasteiger partial charge in [-0.25, -0.2) is 8.42 Å². The number of nitrogens with one attached hydrogen (secondary N) is 1. The summed E-state index contributed by atoms with van der Waals surface area (Å²) in [6.45, 7) is 1.83. The van der Waals surface area contributed by atoms with Crippen molar-refractivity contribution in [3.63, 3.8) is 0 Å². The molecule has 0 amide bonds. The average Bonchev–Trinajstić information content (AvgIpc) is 3.12. The Hall–Kier alpha value is -1.56. The predicted molar refractivity (Wildman–Crippen MR) is 72.7 cm³/mol. The first-order chi connectivity index (χ1) is 8.88. The van der Waals surface area contributed by atoms with Crippen molar-refractivity contribution in [2.45, 2.75) is 37.4 Å². The van der Waals surface area contributed by atoms with Gasteiger partial charge in [-0.1, -0.05) is 19.1 Å². The minimum absolute atomic E-state index is 0.0626. The molecule has 1 aliphatic rings. The van der Waals surface area contributed by atoms with Crippen LogP contribution in [0.5, 0.6) is 0 Å². The fourth-order valence-electron chi connectivity index (χ4n) is 1.89. The van der Waals surface area contributed by atoms with Crippen LogP contribution in [-0.4, -0.2) is 24.7 Å². The summed E-state index contributed by atoms with van der Waals surface area (Å²) in [5.74, 6) is -0.933. The quantitative estimate of drug-likeness (QED) is 0.838. The van der Waals surface area contributed by atoms with Crippen molar-refractivity contribution in [3.8, 4) is 0 Å². The zero-order valence-corrected chi connectivity index (χ0v) is 11.5. The molecule has 2 N–H and O–H groups in total. The fourth-order valence-corrected chi connectivity index (χ4v) is 3.27. The highest BCUT2D eigenvalue weighted by Gasteiger charge is 2.35. The van der Waals surface area contributed by atoms with Gasteiger partial charge in [-0.3, -0.25) is 9.52 Å². The Labute approximate surface area is 112 Å². The van der Waals surface area contributed by atoms with E-state index in [1.807, 2.05) is 6.92 Å². The van der Waals surface area contributed by atoms with Gasteiger partial charge in [-0.05, 0) is 36.5 Å². The van der Waals surface area contributed by atoms with Gasteiger partial charge in [0.05, 0.1) is 11.7 Å². The van der Waals surface area contributed by atoms with Gasteiger partial charge in [0.2, 0.25) is 10.0 Å². The van der Waals surface area contributed by atoms with Gasteiger partial charge in [-0.15, -0.1) is 0 Å². The van der Waals surface area contributed by atoms with Gasteiger partial charge in [0.15, 0.2) is 0 Å². The van der Waals surface area contributed by atoms with E-state index in [2.05, 4.69) is 4.72 Å². The summed E-state index contributed by atoms with van der Waals surface area (Å²) in [6.07, 6.45) is 1.51. The Bertz CT molecular complexity index is 561. The van der Waals surface area contributed by atoms with Crippen molar-refractivity contribution in [3.05, 3.63) is 29.8 Å². The molecule has 0 aromatic heterocycles. The molecule has 1 fully saturated rings. The van der Waals surface area contributed by atoms with Crippen molar-refractivity contribution in [1.29, 1.82) is 0 Å². The highest BCUT2D eigenvalue weighted by molar-refractivity contribution is 7.93. The van der Waals surface area contributed by atoms with Crippen LogP contribution in [0.3, 0.4) is 0 Å². The number of rotatable bonds is 6. The number of hydrogen-bond donors (Lipinski definition) is 2. The molecular formula is C13H17NO4S. The first-order valence-corrected chi connectivity index (χ1v) is 7.76. The summed E-state index contributed by atoms with van der Waals surface area (Å²) in [5.41, 5.74) is 1.41. The van der Waals surface area contributed by atoms with Gasteiger partial charge < -0.3 is 5.11 Å². The molecule has 1 unspecified atom stereocenters. The maximum absolute atomic E-state index is 11.7. The number of aliphatic carboxylic acids is 1. The number of benzene rings is 1. The standard InChI is InChI=1S/C13H17NO4S/c1-9(8-13(15)16)10-2-4-11(5-3-10)14-19(17,18)12-6-7-12/h2-5,9,12,14H,6-8H2,1H3,(H,15,16). The highest BCUT2D eigenvalue weighted by atomic mass is 32.2. The van der Waals surface area contributed by atoms with Crippen LogP contribution in [0.2, 0.25) is 0 Å². The lowest BCUT2D eigenvalue weighted by Gasteiger charge is -2.11. The van der Waals surface area contributed by atoms with Crippen LogP contribution in [0.15, 0.2) is 24.3 Å². The SMILES string of the molecule is CC(CC(=O)O)c1ccc(NS(=O)(=O)C2CC2)cc1. The molecule has 1 atom stereocenters. The van der Waals surface area contributed by atoms with Crippen molar-refractivity contribution >= 4 is 21.7 Å². The molecule has 0 heterocycles. The zero-order valence-electron chi connectivity index (χ0n) is 10.7. The van der Waals surface area contributed by atoms with Crippen LogP contribution >= 0.6 is 0 Å². The van der Waals surface area contributed by atoms with Crippen LogP contribution in [0, 0.1) is 0 Å². The van der Waals surface area contributed by atoms with Crippen molar-refractivity contribution in [1.82, 2.24) is 0 Å². The van der Waals surface area contributed by atoms with Gasteiger partial charge in [-0.2, -0.15) is 0 Å². The molecular weight excluding hydrogens is 266 g/mol. The monoisotopic (exact) mass is 283 g/mol. The average molecular weight is 283 g/mol. The molecule has 1 aromatic rings. The summed E-state index contributed by atoms with van der Waals surface area (Å²) < 4.78 is 26.0. The second kappa shape index (κ2) is 5.21. The molecule has 0 saturated heterocycles. The molecule has 1 aliphatic carbocycles. The Morgan fingerprint density at radius 1 is 1.37 bits per heavy atom. The maximum Gasteiger partial charge on any atom is 0.303 e. The number of hydrogen-bond acceptors (Lipinski definition) is 3. The van der Waals surface area contributed by atoms with Gasteiger partial charge in [0, 0.05) is 5.69 Å². The second-order valence-electron chi connectivity index (χ2n) is 4.97. The third kappa shape index (κ3) is 3.70. The Balaban J connectivity index is 2.04. The highest BCUT2D eigenvalue weighted by Crippen LogP contribution is 2.30. The minimum atomic E-state index is -3.24. The van der Waals surface area contributed by atoms with Crippen LogP contribution < -0.4 is 4.72 Å². The van der Waals surface area contributed by atoms with E-state index in [0.717, 1.165) is 18.4 Å². The number of carboxylic acids is 1. The third-order valence-electron chi connectivity index (χ3n) is 3.18. The van der Waals surface area contributed by atoms with Gasteiger partial charge in [0.1, 0.15) is 0 Å². The summed E-state index contributed by atoms with van der Waals surface area (Å²) >= 11 is 0. The summed E-state index contributed by atoms with van der Waals surface area (Å²) in [7, 11) is -3.24. The molecule has 5 nitrogen and oxygen atoms in total. The summed E-state index contributed by atoms with van der Waals surface area (Å²) in [5, 5.41) is 8.48. The Kier molecular flexibility index (Phi) is 3.80. The molecule has 104 valence electrons. The Morgan fingerprint density at radius 3 is 2.42 bits per heavy atom. The third-order valence-corrected chi connectivity index (χ3v) is 5.05. The maximum atomic E-state index is 11.7. The summed E-state index contributed by atoms with van der Waals surface area (Å²) in [6, 6.07) is 6.87. The number of sulfonamides is 1. The van der Waals surface area contributed by atoms with E-state index in [1.165, 1.54) is 0 Å². The first kappa shape index (κ1) is 13.9. The smallest absolute Gasteiger partial charge is 0.303 e. The fraction of sp³-hybridized carbons (Fsp3) is 0.462. The molecule has 0 bridgehead atoms. The molecule has 2 rings (SSSR count). The molecule has 1 aromatic carbocycles. The molecule has 1 saturated carbocycles.